The van der Waals surface area contributed by atoms with Crippen molar-refractivity contribution in [1.29, 1.82) is 0 Å². The van der Waals surface area contributed by atoms with Crippen LogP contribution in [0.15, 0.2) is 54.9 Å². The molecule has 0 saturated carbocycles. The number of rotatable bonds is 6. The fraction of sp³-hybridized carbons (Fsp3) is 0.304. The average Bonchev–Trinajstić information content (AvgIpc) is 2.80. The maximum Gasteiger partial charge on any atom is 0.157 e. The number of anilines is 4. The fourth-order valence-corrected chi connectivity index (χ4v) is 3.64. The van der Waals surface area contributed by atoms with Gasteiger partial charge in [0.05, 0.1) is 7.11 Å². The molecule has 7 nitrogen and oxygen atoms in total. The van der Waals surface area contributed by atoms with Gasteiger partial charge in [-0.25, -0.2) is 9.97 Å². The molecule has 1 aliphatic heterocycles. The predicted octanol–water partition coefficient (Wildman–Crippen LogP) is 3.31. The van der Waals surface area contributed by atoms with E-state index in [1.165, 1.54) is 16.8 Å². The Morgan fingerprint density at radius 3 is 2.27 bits per heavy atom. The monoisotopic (exact) mass is 404 g/mol. The Kier molecular flexibility index (Phi) is 5.88. The molecule has 1 aliphatic rings. The van der Waals surface area contributed by atoms with E-state index in [1.807, 2.05) is 12.1 Å². The van der Waals surface area contributed by atoms with Crippen molar-refractivity contribution < 1.29 is 4.74 Å². The van der Waals surface area contributed by atoms with E-state index in [4.69, 9.17) is 10.5 Å². The maximum atomic E-state index is 6.42. The van der Waals surface area contributed by atoms with E-state index in [9.17, 15) is 0 Å². The summed E-state index contributed by atoms with van der Waals surface area (Å²) >= 11 is 0. The average molecular weight is 405 g/mol. The van der Waals surface area contributed by atoms with Crippen molar-refractivity contribution in [3.8, 4) is 5.75 Å². The molecular weight excluding hydrogens is 376 g/mol. The minimum absolute atomic E-state index is 0.600. The van der Waals surface area contributed by atoms with Crippen LogP contribution < -0.4 is 25.6 Å². The number of aryl methyl sites for hydroxylation is 1. The Labute approximate surface area is 177 Å². The number of piperazine rings is 1. The smallest absolute Gasteiger partial charge is 0.157 e. The molecule has 1 aromatic heterocycles. The molecule has 7 heteroatoms. The summed E-state index contributed by atoms with van der Waals surface area (Å²) in [6, 6.07) is 16.6. The fourth-order valence-electron chi connectivity index (χ4n) is 3.64. The second kappa shape index (κ2) is 8.90. The van der Waals surface area contributed by atoms with E-state index in [-0.39, 0.29) is 0 Å². The molecule has 30 heavy (non-hydrogen) atoms. The second-order valence-corrected chi connectivity index (χ2v) is 7.47. The minimum Gasteiger partial charge on any atom is -0.497 e. The number of benzene rings is 2. The SMILES string of the molecule is COc1ccc(N2CCN(c3ncnc(NCc4ccc(C)cc4)c3N)CC2)cc1. The number of nitrogens with zero attached hydrogens (tertiary/aromatic N) is 4. The lowest BCUT2D eigenvalue weighted by Crippen LogP contribution is -2.47. The van der Waals surface area contributed by atoms with Crippen molar-refractivity contribution in [2.75, 3.05) is 54.1 Å². The third-order valence-corrected chi connectivity index (χ3v) is 5.46. The van der Waals surface area contributed by atoms with Gasteiger partial charge in [0.25, 0.3) is 0 Å². The van der Waals surface area contributed by atoms with E-state index < -0.39 is 0 Å². The number of hydrogen-bond acceptors (Lipinski definition) is 7. The van der Waals surface area contributed by atoms with Crippen molar-refractivity contribution in [1.82, 2.24) is 9.97 Å². The molecule has 0 spiro atoms. The summed E-state index contributed by atoms with van der Waals surface area (Å²) in [7, 11) is 1.68. The van der Waals surface area contributed by atoms with Gasteiger partial charge in [0.15, 0.2) is 11.6 Å². The topological polar surface area (TPSA) is 79.5 Å². The van der Waals surface area contributed by atoms with Crippen LogP contribution >= 0.6 is 0 Å². The minimum atomic E-state index is 0.600. The molecule has 3 aromatic rings. The summed E-state index contributed by atoms with van der Waals surface area (Å²) in [5.74, 6) is 2.35. The van der Waals surface area contributed by atoms with Gasteiger partial charge < -0.3 is 25.6 Å². The summed E-state index contributed by atoms with van der Waals surface area (Å²) in [4.78, 5) is 13.4. The molecule has 0 unspecified atom stereocenters. The number of ether oxygens (including phenoxy) is 1. The highest BCUT2D eigenvalue weighted by molar-refractivity contribution is 5.75. The lowest BCUT2D eigenvalue weighted by Gasteiger charge is -2.37. The summed E-state index contributed by atoms with van der Waals surface area (Å²) in [6.07, 6.45) is 1.58. The molecular formula is C23H28N6O. The number of hydrogen-bond donors (Lipinski definition) is 2. The van der Waals surface area contributed by atoms with Gasteiger partial charge in [-0.15, -0.1) is 0 Å². The maximum absolute atomic E-state index is 6.42. The van der Waals surface area contributed by atoms with E-state index in [1.54, 1.807) is 13.4 Å². The Morgan fingerprint density at radius 1 is 0.933 bits per heavy atom. The number of nitrogens with one attached hydrogen (secondary N) is 1. The van der Waals surface area contributed by atoms with Gasteiger partial charge in [0.1, 0.15) is 17.8 Å². The van der Waals surface area contributed by atoms with Crippen molar-refractivity contribution >= 4 is 23.0 Å². The zero-order valence-corrected chi connectivity index (χ0v) is 17.5. The Hall–Kier alpha value is -3.48. The summed E-state index contributed by atoms with van der Waals surface area (Å²) in [5, 5.41) is 3.35. The van der Waals surface area contributed by atoms with Gasteiger partial charge in [0.2, 0.25) is 0 Å². The summed E-state index contributed by atoms with van der Waals surface area (Å²) in [5.41, 5.74) is 10.7. The highest BCUT2D eigenvalue weighted by Gasteiger charge is 2.21. The van der Waals surface area contributed by atoms with Gasteiger partial charge in [-0.1, -0.05) is 29.8 Å². The van der Waals surface area contributed by atoms with Crippen molar-refractivity contribution in [3.63, 3.8) is 0 Å². The Balaban J connectivity index is 1.39. The van der Waals surface area contributed by atoms with Crippen molar-refractivity contribution in [3.05, 3.63) is 66.0 Å². The van der Waals surface area contributed by atoms with Crippen LogP contribution in [0.3, 0.4) is 0 Å². The van der Waals surface area contributed by atoms with E-state index in [0.29, 0.717) is 18.1 Å². The predicted molar refractivity (Wildman–Crippen MR) is 122 cm³/mol. The molecule has 1 saturated heterocycles. The van der Waals surface area contributed by atoms with E-state index in [0.717, 1.165) is 37.7 Å². The molecule has 0 aliphatic carbocycles. The Bertz CT molecular complexity index is 966. The number of aromatic nitrogens is 2. The summed E-state index contributed by atoms with van der Waals surface area (Å²) in [6.45, 7) is 6.27. The largest absolute Gasteiger partial charge is 0.497 e. The van der Waals surface area contributed by atoms with Gasteiger partial charge in [-0.05, 0) is 36.8 Å². The lowest BCUT2D eigenvalue weighted by atomic mass is 10.1. The molecule has 3 N–H and O–H groups in total. The third-order valence-electron chi connectivity index (χ3n) is 5.46. The van der Waals surface area contributed by atoms with Gasteiger partial charge in [-0.3, -0.25) is 0 Å². The molecule has 2 heterocycles. The standard InChI is InChI=1S/C23H28N6O/c1-17-3-5-18(6-4-17)15-25-22-21(24)23(27-16-26-22)29-13-11-28(12-14-29)19-7-9-20(30-2)10-8-19/h3-10,16H,11-15,24H2,1-2H3,(H,25,26,27). The third kappa shape index (κ3) is 4.40. The lowest BCUT2D eigenvalue weighted by molar-refractivity contribution is 0.415. The normalized spacial score (nSPS) is 13.9. The first-order valence-corrected chi connectivity index (χ1v) is 10.2. The van der Waals surface area contributed by atoms with Crippen LogP contribution in [0.25, 0.3) is 0 Å². The van der Waals surface area contributed by atoms with Crippen LogP contribution in [0.5, 0.6) is 5.75 Å². The van der Waals surface area contributed by atoms with Crippen molar-refractivity contribution in [2.24, 2.45) is 0 Å². The first-order chi connectivity index (χ1) is 14.6. The summed E-state index contributed by atoms with van der Waals surface area (Å²) < 4.78 is 5.25. The molecule has 2 aromatic carbocycles. The molecule has 0 bridgehead atoms. The molecule has 0 atom stereocenters. The quantitative estimate of drug-likeness (QED) is 0.652. The van der Waals surface area contributed by atoms with Crippen LogP contribution in [0, 0.1) is 6.92 Å². The van der Waals surface area contributed by atoms with Gasteiger partial charge in [0, 0.05) is 38.4 Å². The van der Waals surface area contributed by atoms with Gasteiger partial charge >= 0.3 is 0 Å². The van der Waals surface area contributed by atoms with Crippen molar-refractivity contribution in [2.45, 2.75) is 13.5 Å². The highest BCUT2D eigenvalue weighted by Crippen LogP contribution is 2.28. The van der Waals surface area contributed by atoms with Gasteiger partial charge in [-0.2, -0.15) is 0 Å². The van der Waals surface area contributed by atoms with Crippen LogP contribution in [0.4, 0.5) is 23.0 Å². The first kappa shape index (κ1) is 19.8. The molecule has 0 amide bonds. The second-order valence-electron chi connectivity index (χ2n) is 7.47. The number of nitrogen functional groups attached to an aromatic ring is 1. The zero-order chi connectivity index (χ0) is 20.9. The zero-order valence-electron chi connectivity index (χ0n) is 17.5. The molecule has 0 radical (unpaired) electrons. The van der Waals surface area contributed by atoms with Crippen LogP contribution in [-0.4, -0.2) is 43.3 Å². The Morgan fingerprint density at radius 2 is 1.60 bits per heavy atom. The van der Waals surface area contributed by atoms with Crippen LogP contribution in [0.1, 0.15) is 11.1 Å². The van der Waals surface area contributed by atoms with Crippen LogP contribution in [0.2, 0.25) is 0 Å². The first-order valence-electron chi connectivity index (χ1n) is 10.2. The van der Waals surface area contributed by atoms with E-state index in [2.05, 4.69) is 68.4 Å². The number of nitrogens with two attached hydrogens (primary N) is 1. The molecule has 156 valence electrons. The van der Waals surface area contributed by atoms with E-state index >= 15 is 0 Å². The highest BCUT2D eigenvalue weighted by atomic mass is 16.5. The number of methoxy groups -OCH3 is 1. The van der Waals surface area contributed by atoms with Crippen LogP contribution in [-0.2, 0) is 6.54 Å². The molecule has 1 fully saturated rings. The molecule has 4 rings (SSSR count).